The van der Waals surface area contributed by atoms with Crippen molar-refractivity contribution in [2.75, 3.05) is 23.7 Å². The van der Waals surface area contributed by atoms with Gasteiger partial charge in [0.2, 0.25) is 0 Å². The van der Waals surface area contributed by atoms with Crippen molar-refractivity contribution in [3.63, 3.8) is 0 Å². The van der Waals surface area contributed by atoms with E-state index >= 15 is 0 Å². The van der Waals surface area contributed by atoms with Gasteiger partial charge < -0.3 is 15.7 Å². The van der Waals surface area contributed by atoms with Gasteiger partial charge in [0.15, 0.2) is 0 Å². The van der Waals surface area contributed by atoms with Crippen molar-refractivity contribution in [2.45, 2.75) is 51.1 Å². The molecule has 1 aliphatic heterocycles. The van der Waals surface area contributed by atoms with Crippen molar-refractivity contribution in [1.29, 1.82) is 0 Å². The zero-order chi connectivity index (χ0) is 19.7. The molecule has 1 fully saturated rings. The highest BCUT2D eigenvalue weighted by atomic mass is 19.4. The SMILES string of the molecule is CC(O)CCc1cc(C(F)(F)F)c(N2CCC(C(F)(F)F)CC2)cc1N. The smallest absolute Gasteiger partial charge is 0.398 e. The zero-order valence-electron chi connectivity index (χ0n) is 14.3. The number of aliphatic hydroxyl groups excluding tert-OH is 1. The molecule has 3 nitrogen and oxygen atoms in total. The molecule has 1 heterocycles. The lowest BCUT2D eigenvalue weighted by Gasteiger charge is -2.36. The van der Waals surface area contributed by atoms with Crippen LogP contribution in [0.2, 0.25) is 0 Å². The second kappa shape index (κ2) is 7.54. The van der Waals surface area contributed by atoms with Crippen LogP contribution in [-0.2, 0) is 12.6 Å². The fourth-order valence-corrected chi connectivity index (χ4v) is 3.17. The predicted molar refractivity (Wildman–Crippen MR) is 86.9 cm³/mol. The number of halogens is 6. The number of piperidine rings is 1. The summed E-state index contributed by atoms with van der Waals surface area (Å²) in [6.45, 7) is 1.31. The van der Waals surface area contributed by atoms with Gasteiger partial charge >= 0.3 is 12.4 Å². The number of benzene rings is 1. The molecule has 1 atom stereocenters. The average molecular weight is 384 g/mol. The Hall–Kier alpha value is -1.64. The molecule has 148 valence electrons. The van der Waals surface area contributed by atoms with Gasteiger partial charge in [-0.05, 0) is 50.3 Å². The number of anilines is 2. The second-order valence-corrected chi connectivity index (χ2v) is 6.76. The number of aryl methyl sites for hydroxylation is 1. The van der Waals surface area contributed by atoms with Gasteiger partial charge in [0.25, 0.3) is 0 Å². The standard InChI is InChI=1S/C17H22F6N2O/c1-10(26)2-3-11-8-13(17(21,22)23)15(9-14(11)24)25-6-4-12(5-7-25)16(18,19)20/h8-10,12,26H,2-7,24H2,1H3. The Morgan fingerprint density at radius 3 is 2.19 bits per heavy atom. The molecule has 0 amide bonds. The molecule has 0 saturated carbocycles. The van der Waals surface area contributed by atoms with Crippen molar-refractivity contribution in [3.8, 4) is 0 Å². The van der Waals surface area contributed by atoms with Crippen LogP contribution in [0, 0.1) is 5.92 Å². The number of hydrogen-bond acceptors (Lipinski definition) is 3. The number of nitrogen functional groups attached to an aromatic ring is 1. The summed E-state index contributed by atoms with van der Waals surface area (Å²) in [7, 11) is 0. The Labute approximate surface area is 147 Å². The lowest BCUT2D eigenvalue weighted by Crippen LogP contribution is -2.39. The number of alkyl halides is 6. The topological polar surface area (TPSA) is 49.5 Å². The van der Waals surface area contributed by atoms with E-state index in [1.807, 2.05) is 0 Å². The van der Waals surface area contributed by atoms with Gasteiger partial charge in [0, 0.05) is 18.8 Å². The Balaban J connectivity index is 2.29. The molecule has 0 radical (unpaired) electrons. The van der Waals surface area contributed by atoms with Gasteiger partial charge in [-0.25, -0.2) is 0 Å². The number of rotatable bonds is 4. The number of aliphatic hydroxyl groups is 1. The van der Waals surface area contributed by atoms with E-state index in [4.69, 9.17) is 5.73 Å². The van der Waals surface area contributed by atoms with E-state index in [2.05, 4.69) is 0 Å². The molecular formula is C17H22F6N2O. The molecule has 1 unspecified atom stereocenters. The van der Waals surface area contributed by atoms with Crippen LogP contribution < -0.4 is 10.6 Å². The van der Waals surface area contributed by atoms with E-state index in [0.717, 1.165) is 6.07 Å². The quantitative estimate of drug-likeness (QED) is 0.598. The van der Waals surface area contributed by atoms with Gasteiger partial charge in [-0.3, -0.25) is 0 Å². The van der Waals surface area contributed by atoms with Crippen molar-refractivity contribution < 1.29 is 31.4 Å². The molecule has 1 aromatic rings. The highest BCUT2D eigenvalue weighted by Crippen LogP contribution is 2.42. The Bertz CT molecular complexity index is 619. The summed E-state index contributed by atoms with van der Waals surface area (Å²) < 4.78 is 78.8. The van der Waals surface area contributed by atoms with E-state index in [9.17, 15) is 31.4 Å². The van der Waals surface area contributed by atoms with E-state index in [0.29, 0.717) is 0 Å². The molecule has 1 saturated heterocycles. The van der Waals surface area contributed by atoms with E-state index in [1.165, 1.54) is 17.9 Å². The minimum atomic E-state index is -4.65. The van der Waals surface area contributed by atoms with Gasteiger partial charge in [0.05, 0.1) is 23.3 Å². The maximum Gasteiger partial charge on any atom is 0.418 e. The minimum Gasteiger partial charge on any atom is -0.398 e. The summed E-state index contributed by atoms with van der Waals surface area (Å²) >= 11 is 0. The van der Waals surface area contributed by atoms with Gasteiger partial charge in [-0.1, -0.05) is 0 Å². The zero-order valence-corrected chi connectivity index (χ0v) is 14.3. The van der Waals surface area contributed by atoms with Crippen LogP contribution in [-0.4, -0.2) is 30.5 Å². The number of hydrogen-bond donors (Lipinski definition) is 2. The van der Waals surface area contributed by atoms with Gasteiger partial charge in [-0.2, -0.15) is 26.3 Å². The summed E-state index contributed by atoms with van der Waals surface area (Å²) in [6.07, 6.45) is -9.70. The second-order valence-electron chi connectivity index (χ2n) is 6.76. The molecule has 0 aromatic heterocycles. The summed E-state index contributed by atoms with van der Waals surface area (Å²) in [4.78, 5) is 1.32. The van der Waals surface area contributed by atoms with E-state index in [1.54, 1.807) is 0 Å². The number of nitrogens with zero attached hydrogens (tertiary/aromatic N) is 1. The first-order valence-corrected chi connectivity index (χ1v) is 8.39. The van der Waals surface area contributed by atoms with Crippen molar-refractivity contribution in [2.24, 2.45) is 5.92 Å². The molecule has 26 heavy (non-hydrogen) atoms. The van der Waals surface area contributed by atoms with E-state index in [-0.39, 0.29) is 55.7 Å². The molecular weight excluding hydrogens is 362 g/mol. The van der Waals surface area contributed by atoms with Gasteiger partial charge in [0.1, 0.15) is 0 Å². The summed E-state index contributed by atoms with van der Waals surface area (Å²) in [6, 6.07) is 2.14. The van der Waals surface area contributed by atoms with Crippen molar-refractivity contribution in [3.05, 3.63) is 23.3 Å². The molecule has 0 aliphatic carbocycles. The molecule has 0 spiro atoms. The first kappa shape index (κ1) is 20.7. The van der Waals surface area contributed by atoms with E-state index < -0.39 is 29.9 Å². The molecule has 1 aliphatic rings. The average Bonchev–Trinajstić information content (AvgIpc) is 2.51. The Morgan fingerprint density at radius 2 is 1.73 bits per heavy atom. The highest BCUT2D eigenvalue weighted by Gasteiger charge is 2.42. The van der Waals surface area contributed by atoms with Crippen LogP contribution in [0.15, 0.2) is 12.1 Å². The fraction of sp³-hybridized carbons (Fsp3) is 0.647. The monoisotopic (exact) mass is 384 g/mol. The third-order valence-electron chi connectivity index (χ3n) is 4.69. The van der Waals surface area contributed by atoms with Crippen LogP contribution in [0.1, 0.15) is 37.3 Å². The minimum absolute atomic E-state index is 0.111. The van der Waals surface area contributed by atoms with Crippen LogP contribution >= 0.6 is 0 Å². The summed E-state index contributed by atoms with van der Waals surface area (Å²) in [5, 5.41) is 9.32. The molecule has 3 N–H and O–H groups in total. The van der Waals surface area contributed by atoms with Gasteiger partial charge in [-0.15, -0.1) is 0 Å². The molecule has 0 bridgehead atoms. The fourth-order valence-electron chi connectivity index (χ4n) is 3.17. The summed E-state index contributed by atoms with van der Waals surface area (Å²) in [5.74, 6) is -1.49. The maximum atomic E-state index is 13.5. The lowest BCUT2D eigenvalue weighted by atomic mass is 9.94. The number of nitrogens with two attached hydrogens (primary N) is 1. The molecule has 1 aromatic carbocycles. The maximum absolute atomic E-state index is 13.5. The van der Waals surface area contributed by atoms with Crippen molar-refractivity contribution in [1.82, 2.24) is 0 Å². The van der Waals surface area contributed by atoms with Crippen LogP contribution in [0.25, 0.3) is 0 Å². The van der Waals surface area contributed by atoms with Crippen molar-refractivity contribution >= 4 is 11.4 Å². The molecule has 9 heteroatoms. The first-order chi connectivity index (χ1) is 11.9. The largest absolute Gasteiger partial charge is 0.418 e. The molecule has 2 rings (SSSR count). The first-order valence-electron chi connectivity index (χ1n) is 8.39. The third kappa shape index (κ3) is 4.96. The predicted octanol–water partition coefficient (Wildman–Crippen LogP) is 4.38. The summed E-state index contributed by atoms with van der Waals surface area (Å²) in [5.41, 5.74) is 5.19. The van der Waals surface area contributed by atoms with Crippen LogP contribution in [0.4, 0.5) is 37.7 Å². The highest BCUT2D eigenvalue weighted by molar-refractivity contribution is 5.66. The Morgan fingerprint density at radius 1 is 1.15 bits per heavy atom. The normalized spacial score (nSPS) is 18.2. The third-order valence-corrected chi connectivity index (χ3v) is 4.69. The lowest BCUT2D eigenvalue weighted by molar-refractivity contribution is -0.179. The Kier molecular flexibility index (Phi) is 5.99. The van der Waals surface area contributed by atoms with Crippen LogP contribution in [0.5, 0.6) is 0 Å². The van der Waals surface area contributed by atoms with Crippen LogP contribution in [0.3, 0.4) is 0 Å².